The summed E-state index contributed by atoms with van der Waals surface area (Å²) in [5.74, 6) is -2.48. The molecule has 134 valence electrons. The summed E-state index contributed by atoms with van der Waals surface area (Å²) in [4.78, 5) is 10.7. The maximum Gasteiger partial charge on any atom is 0.324 e. The lowest BCUT2D eigenvalue weighted by atomic mass is 10.3. The smallest absolute Gasteiger partial charge is 0.324 e. The quantitative estimate of drug-likeness (QED) is 0.792. The summed E-state index contributed by atoms with van der Waals surface area (Å²) >= 11 is 11.9. The Hall–Kier alpha value is -2.03. The number of rotatable bonds is 6. The van der Waals surface area contributed by atoms with Gasteiger partial charge in [-0.25, -0.2) is 12.8 Å². The van der Waals surface area contributed by atoms with Crippen molar-refractivity contribution in [3.05, 3.63) is 52.3 Å². The van der Waals surface area contributed by atoms with Gasteiger partial charge in [0.15, 0.2) is 11.6 Å². The molecule has 0 atom stereocenters. The first kappa shape index (κ1) is 19.3. The van der Waals surface area contributed by atoms with E-state index in [0.29, 0.717) is 4.31 Å². The number of sulfonamides is 1. The molecule has 0 aliphatic heterocycles. The fraction of sp³-hybridized carbons (Fsp3) is 0.133. The number of carboxylic acids is 1. The summed E-state index contributed by atoms with van der Waals surface area (Å²) in [6, 6.07) is 7.11. The predicted octanol–water partition coefficient (Wildman–Crippen LogP) is 3.42. The van der Waals surface area contributed by atoms with Gasteiger partial charge >= 0.3 is 5.97 Å². The first-order valence-corrected chi connectivity index (χ1v) is 8.90. The summed E-state index contributed by atoms with van der Waals surface area (Å²) in [5, 5.41) is 8.99. The van der Waals surface area contributed by atoms with E-state index >= 15 is 0 Å². The van der Waals surface area contributed by atoms with Crippen molar-refractivity contribution in [2.24, 2.45) is 0 Å². The molecule has 0 unspecified atom stereocenters. The molecule has 0 aromatic heterocycles. The molecular formula is C15H12Cl2FNO5S. The van der Waals surface area contributed by atoms with E-state index in [1.165, 1.54) is 25.3 Å². The van der Waals surface area contributed by atoms with E-state index in [1.54, 1.807) is 0 Å². The highest BCUT2D eigenvalue weighted by Gasteiger charge is 2.30. The van der Waals surface area contributed by atoms with Crippen LogP contribution in [0.5, 0.6) is 5.75 Å². The normalized spacial score (nSPS) is 11.2. The highest BCUT2D eigenvalue weighted by Crippen LogP contribution is 2.35. The van der Waals surface area contributed by atoms with E-state index in [1.807, 2.05) is 0 Å². The van der Waals surface area contributed by atoms with Gasteiger partial charge in [-0.3, -0.25) is 9.10 Å². The first-order chi connectivity index (χ1) is 11.7. The van der Waals surface area contributed by atoms with Gasteiger partial charge in [0.25, 0.3) is 10.0 Å². The Balaban J connectivity index is 2.62. The van der Waals surface area contributed by atoms with E-state index < -0.39 is 33.3 Å². The minimum Gasteiger partial charge on any atom is -0.494 e. The molecule has 25 heavy (non-hydrogen) atoms. The van der Waals surface area contributed by atoms with Gasteiger partial charge in [-0.1, -0.05) is 29.3 Å². The third-order valence-electron chi connectivity index (χ3n) is 3.19. The van der Waals surface area contributed by atoms with Crippen molar-refractivity contribution >= 4 is 44.9 Å². The molecular weight excluding hydrogens is 396 g/mol. The van der Waals surface area contributed by atoms with Crippen LogP contribution in [-0.4, -0.2) is 33.1 Å². The van der Waals surface area contributed by atoms with E-state index in [2.05, 4.69) is 0 Å². The Morgan fingerprint density at radius 1 is 1.28 bits per heavy atom. The molecule has 0 saturated carbocycles. The molecule has 10 heteroatoms. The van der Waals surface area contributed by atoms with Crippen molar-refractivity contribution in [3.63, 3.8) is 0 Å². The molecule has 0 bridgehead atoms. The van der Waals surface area contributed by atoms with Crippen molar-refractivity contribution in [3.8, 4) is 5.75 Å². The van der Waals surface area contributed by atoms with Crippen molar-refractivity contribution in [2.75, 3.05) is 18.0 Å². The van der Waals surface area contributed by atoms with Crippen molar-refractivity contribution in [1.29, 1.82) is 0 Å². The minimum atomic E-state index is -4.42. The summed E-state index contributed by atoms with van der Waals surface area (Å²) < 4.78 is 44.8. The van der Waals surface area contributed by atoms with Crippen LogP contribution in [0.1, 0.15) is 0 Å². The number of anilines is 1. The second-order valence-corrected chi connectivity index (χ2v) is 7.42. The summed E-state index contributed by atoms with van der Waals surface area (Å²) in [6.07, 6.45) is 0. The Morgan fingerprint density at radius 3 is 2.52 bits per heavy atom. The molecule has 6 nitrogen and oxygen atoms in total. The van der Waals surface area contributed by atoms with Gasteiger partial charge in [0.2, 0.25) is 0 Å². The number of nitrogens with zero attached hydrogens (tertiary/aromatic N) is 1. The number of carboxylic acid groups (broad SMARTS) is 1. The lowest BCUT2D eigenvalue weighted by Crippen LogP contribution is -2.36. The molecule has 2 aromatic rings. The van der Waals surface area contributed by atoms with Crippen LogP contribution in [0.4, 0.5) is 10.1 Å². The second kappa shape index (κ2) is 7.47. The van der Waals surface area contributed by atoms with Gasteiger partial charge in [-0.2, -0.15) is 0 Å². The van der Waals surface area contributed by atoms with Crippen LogP contribution >= 0.6 is 23.2 Å². The topological polar surface area (TPSA) is 83.9 Å². The third kappa shape index (κ3) is 3.97. The number of methoxy groups -OCH3 is 1. The number of hydrogen-bond acceptors (Lipinski definition) is 4. The Morgan fingerprint density at radius 2 is 1.96 bits per heavy atom. The zero-order chi connectivity index (χ0) is 18.8. The SMILES string of the molecule is COc1ccc(S(=O)(=O)N(CC(=O)O)c2cccc(Cl)c2Cl)cc1F. The Bertz CT molecular complexity index is 920. The number of carbonyl (C=O) groups is 1. The summed E-state index contributed by atoms with van der Waals surface area (Å²) in [5.41, 5.74) is -0.132. The standard InChI is InChI=1S/C15H12Cl2FNO5S/c1-24-13-6-5-9(7-11(13)18)25(22,23)19(8-14(20)21)12-4-2-3-10(16)15(12)17/h2-7H,8H2,1H3,(H,20,21). The van der Waals surface area contributed by atoms with Crippen LogP contribution in [0, 0.1) is 5.82 Å². The van der Waals surface area contributed by atoms with Gasteiger partial charge in [0.1, 0.15) is 6.54 Å². The van der Waals surface area contributed by atoms with Crippen molar-refractivity contribution in [1.82, 2.24) is 0 Å². The summed E-state index contributed by atoms with van der Waals surface area (Å²) in [7, 11) is -3.19. The van der Waals surface area contributed by atoms with E-state index in [0.717, 1.165) is 18.2 Å². The van der Waals surface area contributed by atoms with E-state index in [4.69, 9.17) is 33.0 Å². The maximum absolute atomic E-state index is 13.9. The largest absolute Gasteiger partial charge is 0.494 e. The molecule has 2 aromatic carbocycles. The molecule has 0 spiro atoms. The zero-order valence-corrected chi connectivity index (χ0v) is 15.1. The van der Waals surface area contributed by atoms with Crippen LogP contribution in [-0.2, 0) is 14.8 Å². The van der Waals surface area contributed by atoms with Gasteiger partial charge in [-0.15, -0.1) is 0 Å². The number of benzene rings is 2. The molecule has 0 saturated heterocycles. The Kier molecular flexibility index (Phi) is 5.76. The van der Waals surface area contributed by atoms with E-state index in [-0.39, 0.29) is 21.5 Å². The van der Waals surface area contributed by atoms with Crippen LogP contribution < -0.4 is 9.04 Å². The van der Waals surface area contributed by atoms with Crippen LogP contribution in [0.15, 0.2) is 41.3 Å². The zero-order valence-electron chi connectivity index (χ0n) is 12.7. The fourth-order valence-electron chi connectivity index (χ4n) is 2.04. The molecule has 2 rings (SSSR count). The molecule has 0 aliphatic carbocycles. The highest BCUT2D eigenvalue weighted by atomic mass is 35.5. The van der Waals surface area contributed by atoms with Gasteiger partial charge in [0.05, 0.1) is 27.7 Å². The average molecular weight is 408 g/mol. The second-order valence-electron chi connectivity index (χ2n) is 4.77. The number of ether oxygens (including phenoxy) is 1. The van der Waals surface area contributed by atoms with Crippen LogP contribution in [0.2, 0.25) is 10.0 Å². The minimum absolute atomic E-state index is 0.0469. The molecule has 0 radical (unpaired) electrons. The molecule has 0 heterocycles. The maximum atomic E-state index is 13.9. The number of halogens is 3. The van der Waals surface area contributed by atoms with Gasteiger partial charge in [0, 0.05) is 0 Å². The van der Waals surface area contributed by atoms with Gasteiger partial charge < -0.3 is 9.84 Å². The number of hydrogen-bond donors (Lipinski definition) is 1. The molecule has 0 amide bonds. The Labute approximate surface area is 153 Å². The van der Waals surface area contributed by atoms with Gasteiger partial charge in [-0.05, 0) is 30.3 Å². The van der Waals surface area contributed by atoms with E-state index in [9.17, 15) is 17.6 Å². The fourth-order valence-corrected chi connectivity index (χ4v) is 3.93. The molecule has 0 fully saturated rings. The number of aliphatic carboxylic acids is 1. The lowest BCUT2D eigenvalue weighted by molar-refractivity contribution is -0.135. The third-order valence-corrected chi connectivity index (χ3v) is 5.75. The van der Waals surface area contributed by atoms with Crippen molar-refractivity contribution in [2.45, 2.75) is 4.90 Å². The highest BCUT2D eigenvalue weighted by molar-refractivity contribution is 7.92. The molecule has 0 aliphatic rings. The molecule has 1 N–H and O–H groups in total. The average Bonchev–Trinajstić information content (AvgIpc) is 2.55. The lowest BCUT2D eigenvalue weighted by Gasteiger charge is -2.24. The monoisotopic (exact) mass is 407 g/mol. The van der Waals surface area contributed by atoms with Crippen LogP contribution in [0.3, 0.4) is 0 Å². The predicted molar refractivity (Wildman–Crippen MR) is 91.6 cm³/mol. The van der Waals surface area contributed by atoms with Crippen LogP contribution in [0.25, 0.3) is 0 Å². The summed E-state index contributed by atoms with van der Waals surface area (Å²) in [6.45, 7) is -0.921. The first-order valence-electron chi connectivity index (χ1n) is 6.70. The van der Waals surface area contributed by atoms with Crippen molar-refractivity contribution < 1.29 is 27.4 Å².